The lowest BCUT2D eigenvalue weighted by molar-refractivity contribution is 0.0698. The summed E-state index contributed by atoms with van der Waals surface area (Å²) >= 11 is 4.59. The standard InChI is InChI=1S/C15H16BrN3O4S/c1-2-3-4-7-24-15-19-18-13(23-15)12(20)17-11-6-5-9(16)8-10(11)14(21)22/h5-6,8H,2-4,7H2,1H3,(H,17,20)(H,21,22). The highest BCUT2D eigenvalue weighted by atomic mass is 79.9. The van der Waals surface area contributed by atoms with Crippen molar-refractivity contribution in [3.63, 3.8) is 0 Å². The van der Waals surface area contributed by atoms with Gasteiger partial charge in [0.1, 0.15) is 0 Å². The summed E-state index contributed by atoms with van der Waals surface area (Å²) in [7, 11) is 0. The Kier molecular flexibility index (Phi) is 6.80. The van der Waals surface area contributed by atoms with Gasteiger partial charge >= 0.3 is 17.8 Å². The molecule has 0 saturated carbocycles. The summed E-state index contributed by atoms with van der Waals surface area (Å²) in [4.78, 5) is 23.4. The number of nitrogens with one attached hydrogen (secondary N) is 1. The van der Waals surface area contributed by atoms with Gasteiger partial charge in [0.25, 0.3) is 5.22 Å². The van der Waals surface area contributed by atoms with Gasteiger partial charge in [-0.05, 0) is 24.6 Å². The van der Waals surface area contributed by atoms with E-state index in [9.17, 15) is 14.7 Å². The number of aromatic nitrogens is 2. The molecule has 1 amide bonds. The number of carboxylic acids is 1. The molecule has 0 radical (unpaired) electrons. The van der Waals surface area contributed by atoms with Crippen molar-refractivity contribution < 1.29 is 19.1 Å². The summed E-state index contributed by atoms with van der Waals surface area (Å²) in [6.07, 6.45) is 3.28. The van der Waals surface area contributed by atoms with Crippen molar-refractivity contribution in [2.75, 3.05) is 11.1 Å². The van der Waals surface area contributed by atoms with E-state index in [2.05, 4.69) is 38.4 Å². The number of aromatic carboxylic acids is 1. The molecule has 24 heavy (non-hydrogen) atoms. The van der Waals surface area contributed by atoms with Crippen LogP contribution in [0.3, 0.4) is 0 Å². The molecule has 0 aliphatic rings. The number of halogens is 1. The van der Waals surface area contributed by atoms with Gasteiger partial charge in [0, 0.05) is 10.2 Å². The van der Waals surface area contributed by atoms with E-state index in [-0.39, 0.29) is 17.1 Å². The van der Waals surface area contributed by atoms with Crippen molar-refractivity contribution >= 4 is 45.3 Å². The maximum Gasteiger partial charge on any atom is 0.337 e. The Bertz CT molecular complexity index is 735. The van der Waals surface area contributed by atoms with Crippen LogP contribution in [0.5, 0.6) is 0 Å². The summed E-state index contributed by atoms with van der Waals surface area (Å²) < 4.78 is 5.89. The minimum absolute atomic E-state index is 0.0357. The van der Waals surface area contributed by atoms with E-state index in [0.717, 1.165) is 25.0 Å². The number of carbonyl (C=O) groups is 2. The molecule has 1 aromatic heterocycles. The van der Waals surface area contributed by atoms with Gasteiger partial charge in [-0.15, -0.1) is 10.2 Å². The number of carboxylic acid groups (broad SMARTS) is 1. The Morgan fingerprint density at radius 3 is 2.83 bits per heavy atom. The zero-order valence-corrected chi connectivity index (χ0v) is 15.3. The molecule has 0 bridgehead atoms. The molecular weight excluding hydrogens is 398 g/mol. The van der Waals surface area contributed by atoms with E-state index >= 15 is 0 Å². The molecule has 7 nitrogen and oxygen atoms in total. The van der Waals surface area contributed by atoms with Crippen molar-refractivity contribution in [3.8, 4) is 0 Å². The lowest BCUT2D eigenvalue weighted by atomic mass is 10.2. The second-order valence-corrected chi connectivity index (χ2v) is 6.84. The number of anilines is 1. The van der Waals surface area contributed by atoms with Crippen LogP contribution in [0.2, 0.25) is 0 Å². The molecule has 0 spiro atoms. The Hall–Kier alpha value is -1.87. The second kappa shape index (κ2) is 8.84. The van der Waals surface area contributed by atoms with Gasteiger partial charge in [0.15, 0.2) is 0 Å². The number of hydrogen-bond donors (Lipinski definition) is 2. The number of amides is 1. The lowest BCUT2D eigenvalue weighted by Crippen LogP contribution is -2.15. The Labute approximate surface area is 151 Å². The highest BCUT2D eigenvalue weighted by Crippen LogP contribution is 2.23. The van der Waals surface area contributed by atoms with E-state index in [4.69, 9.17) is 4.42 Å². The normalized spacial score (nSPS) is 10.6. The Morgan fingerprint density at radius 1 is 1.33 bits per heavy atom. The van der Waals surface area contributed by atoms with Crippen LogP contribution in [-0.2, 0) is 0 Å². The first-order valence-electron chi connectivity index (χ1n) is 7.31. The maximum absolute atomic E-state index is 12.1. The number of nitrogens with zero attached hydrogens (tertiary/aromatic N) is 2. The Morgan fingerprint density at radius 2 is 2.12 bits per heavy atom. The summed E-state index contributed by atoms with van der Waals surface area (Å²) in [6.45, 7) is 2.12. The highest BCUT2D eigenvalue weighted by molar-refractivity contribution is 9.10. The fourth-order valence-electron chi connectivity index (χ4n) is 1.85. The minimum atomic E-state index is -1.15. The number of carbonyl (C=O) groups excluding carboxylic acids is 1. The average Bonchev–Trinajstić information content (AvgIpc) is 3.02. The van der Waals surface area contributed by atoms with Crippen LogP contribution in [0, 0.1) is 0 Å². The minimum Gasteiger partial charge on any atom is -0.478 e. The molecule has 2 aromatic rings. The number of rotatable bonds is 8. The van der Waals surface area contributed by atoms with Gasteiger partial charge < -0.3 is 14.8 Å². The van der Waals surface area contributed by atoms with Crippen molar-refractivity contribution in [2.24, 2.45) is 0 Å². The van der Waals surface area contributed by atoms with E-state index in [0.29, 0.717) is 9.70 Å². The SMILES string of the molecule is CCCCCSc1nnc(C(=O)Nc2ccc(Br)cc2C(=O)O)o1. The molecule has 0 unspecified atom stereocenters. The molecule has 1 aromatic carbocycles. The molecule has 2 rings (SSSR count). The molecule has 0 aliphatic carbocycles. The molecule has 1 heterocycles. The monoisotopic (exact) mass is 413 g/mol. The first-order valence-corrected chi connectivity index (χ1v) is 9.09. The van der Waals surface area contributed by atoms with Crippen LogP contribution in [0.4, 0.5) is 5.69 Å². The quantitative estimate of drug-likeness (QED) is 0.496. The van der Waals surface area contributed by atoms with Gasteiger partial charge in [0.05, 0.1) is 11.3 Å². The van der Waals surface area contributed by atoms with Crippen molar-refractivity contribution in [1.82, 2.24) is 10.2 Å². The van der Waals surface area contributed by atoms with Gasteiger partial charge in [-0.2, -0.15) is 0 Å². The van der Waals surface area contributed by atoms with E-state index in [1.807, 2.05) is 0 Å². The van der Waals surface area contributed by atoms with Crippen molar-refractivity contribution in [3.05, 3.63) is 34.1 Å². The van der Waals surface area contributed by atoms with Gasteiger partial charge in [-0.25, -0.2) is 4.79 Å². The molecule has 9 heteroatoms. The van der Waals surface area contributed by atoms with E-state index in [1.54, 1.807) is 6.07 Å². The molecule has 0 saturated heterocycles. The third-order valence-electron chi connectivity index (χ3n) is 3.03. The zero-order valence-electron chi connectivity index (χ0n) is 12.9. The van der Waals surface area contributed by atoms with Crippen molar-refractivity contribution in [1.29, 1.82) is 0 Å². The molecule has 0 fully saturated rings. The fraction of sp³-hybridized carbons (Fsp3) is 0.333. The number of benzene rings is 1. The Balaban J connectivity index is 2.03. The van der Waals surface area contributed by atoms with E-state index < -0.39 is 11.9 Å². The second-order valence-electron chi connectivity index (χ2n) is 4.88. The predicted octanol–water partition coefficient (Wildman–Crippen LogP) is 4.06. The molecule has 0 aliphatic heterocycles. The van der Waals surface area contributed by atoms with Crippen LogP contribution >= 0.6 is 27.7 Å². The van der Waals surface area contributed by atoms with Crippen LogP contribution < -0.4 is 5.32 Å². The van der Waals surface area contributed by atoms with E-state index in [1.165, 1.54) is 23.9 Å². The topological polar surface area (TPSA) is 105 Å². The molecular formula is C15H16BrN3O4S. The first-order chi connectivity index (χ1) is 11.5. The maximum atomic E-state index is 12.1. The number of hydrogen-bond acceptors (Lipinski definition) is 6. The van der Waals surface area contributed by atoms with Crippen LogP contribution in [-0.4, -0.2) is 32.9 Å². The third-order valence-corrected chi connectivity index (χ3v) is 4.43. The summed E-state index contributed by atoms with van der Waals surface area (Å²) in [5, 5.41) is 19.5. The molecule has 128 valence electrons. The third kappa shape index (κ3) is 5.07. The fourth-order valence-corrected chi connectivity index (χ4v) is 2.97. The zero-order chi connectivity index (χ0) is 17.5. The highest BCUT2D eigenvalue weighted by Gasteiger charge is 2.18. The first kappa shape index (κ1) is 18.5. The van der Waals surface area contributed by atoms with Crippen LogP contribution in [0.15, 0.2) is 32.3 Å². The molecule has 2 N–H and O–H groups in total. The van der Waals surface area contributed by atoms with Crippen LogP contribution in [0.25, 0.3) is 0 Å². The smallest absolute Gasteiger partial charge is 0.337 e. The predicted molar refractivity (Wildman–Crippen MR) is 93.6 cm³/mol. The number of unbranched alkanes of at least 4 members (excludes halogenated alkanes) is 2. The van der Waals surface area contributed by atoms with Crippen molar-refractivity contribution in [2.45, 2.75) is 31.4 Å². The summed E-state index contributed by atoms with van der Waals surface area (Å²) in [5.74, 6) is -1.16. The largest absolute Gasteiger partial charge is 0.478 e. The van der Waals surface area contributed by atoms with Gasteiger partial charge in [0.2, 0.25) is 0 Å². The van der Waals surface area contributed by atoms with Gasteiger partial charge in [-0.1, -0.05) is 47.5 Å². The summed E-state index contributed by atoms with van der Waals surface area (Å²) in [5.41, 5.74) is 0.123. The van der Waals surface area contributed by atoms with Gasteiger partial charge in [-0.3, -0.25) is 4.79 Å². The molecule has 0 atom stereocenters. The summed E-state index contributed by atoms with van der Waals surface area (Å²) in [6, 6.07) is 4.52. The average molecular weight is 414 g/mol. The van der Waals surface area contributed by atoms with Crippen LogP contribution in [0.1, 0.15) is 47.2 Å². The lowest BCUT2D eigenvalue weighted by Gasteiger charge is -2.06. The number of thioether (sulfide) groups is 1.